The van der Waals surface area contributed by atoms with E-state index in [9.17, 15) is 0 Å². The van der Waals surface area contributed by atoms with Gasteiger partial charge in [0.25, 0.3) is 0 Å². The topological polar surface area (TPSA) is 119 Å². The molecule has 10 heteroatoms. The van der Waals surface area contributed by atoms with Crippen LogP contribution in [-0.2, 0) is 7.05 Å². The van der Waals surface area contributed by atoms with Crippen molar-refractivity contribution in [2.24, 2.45) is 7.05 Å². The number of rotatable bonds is 3. The van der Waals surface area contributed by atoms with Crippen molar-refractivity contribution in [2.75, 3.05) is 0 Å². The summed E-state index contributed by atoms with van der Waals surface area (Å²) in [6.45, 7) is 1.94. The summed E-state index contributed by atoms with van der Waals surface area (Å²) in [4.78, 5) is 21.5. The normalized spacial score (nSPS) is 11.7. The predicted octanol–water partition coefficient (Wildman–Crippen LogP) is 2.79. The first-order chi connectivity index (χ1) is 14.7. The fraction of sp³-hybridized carbons (Fsp3) is 0.100. The molecule has 6 aromatic rings. The van der Waals surface area contributed by atoms with Gasteiger partial charge in [0, 0.05) is 36.6 Å². The first-order valence-corrected chi connectivity index (χ1v) is 9.35. The summed E-state index contributed by atoms with van der Waals surface area (Å²) in [7, 11) is 1.88. The van der Waals surface area contributed by atoms with E-state index in [1.54, 1.807) is 29.6 Å². The van der Waals surface area contributed by atoms with Gasteiger partial charge in [0.2, 0.25) is 0 Å². The highest BCUT2D eigenvalue weighted by Gasteiger charge is 2.17. The molecular formula is C20H16N10. The highest BCUT2D eigenvalue weighted by atomic mass is 15.2. The van der Waals surface area contributed by atoms with Gasteiger partial charge in [-0.05, 0) is 19.1 Å². The van der Waals surface area contributed by atoms with Crippen LogP contribution in [0.15, 0.2) is 49.4 Å². The number of fused-ring (bicyclic) bond motifs is 2. The van der Waals surface area contributed by atoms with Crippen LogP contribution in [0.1, 0.15) is 5.69 Å². The summed E-state index contributed by atoms with van der Waals surface area (Å²) < 4.78 is 3.62. The molecule has 0 aliphatic rings. The molecule has 0 saturated carbocycles. The molecule has 6 aromatic heterocycles. The SMILES string of the molecule is Cc1cn(-c2nccc3[nH]c(-c4n[nH]c5cnc(-c6cnn(C)c6)cc45)nc23)cn1. The van der Waals surface area contributed by atoms with E-state index in [4.69, 9.17) is 4.98 Å². The number of imidazole rings is 2. The number of aromatic nitrogens is 10. The molecule has 2 N–H and O–H groups in total. The lowest BCUT2D eigenvalue weighted by Gasteiger charge is -2.00. The second kappa shape index (κ2) is 6.08. The van der Waals surface area contributed by atoms with E-state index in [-0.39, 0.29) is 0 Å². The molecule has 0 amide bonds. The Bertz CT molecular complexity index is 1530. The number of hydrogen-bond acceptors (Lipinski definition) is 6. The smallest absolute Gasteiger partial charge is 0.166 e. The maximum Gasteiger partial charge on any atom is 0.166 e. The summed E-state index contributed by atoms with van der Waals surface area (Å²) in [5.41, 5.74) is 5.87. The van der Waals surface area contributed by atoms with Crippen molar-refractivity contribution in [1.82, 2.24) is 49.5 Å². The van der Waals surface area contributed by atoms with E-state index in [1.165, 1.54) is 0 Å². The molecule has 0 aliphatic heterocycles. The minimum Gasteiger partial charge on any atom is -0.336 e. The molecule has 0 radical (unpaired) electrons. The van der Waals surface area contributed by atoms with E-state index < -0.39 is 0 Å². The van der Waals surface area contributed by atoms with Gasteiger partial charge in [-0.15, -0.1) is 0 Å². The Labute approximate surface area is 169 Å². The zero-order chi connectivity index (χ0) is 20.2. The molecule has 0 aliphatic carbocycles. The molecule has 0 unspecified atom stereocenters. The number of pyridine rings is 2. The quantitative estimate of drug-likeness (QED) is 0.475. The van der Waals surface area contributed by atoms with Crippen LogP contribution in [0.2, 0.25) is 0 Å². The molecule has 0 aromatic carbocycles. The zero-order valence-electron chi connectivity index (χ0n) is 16.2. The van der Waals surface area contributed by atoms with Crippen molar-refractivity contribution in [3.05, 3.63) is 55.1 Å². The van der Waals surface area contributed by atoms with E-state index in [2.05, 4.69) is 35.2 Å². The van der Waals surface area contributed by atoms with Gasteiger partial charge in [-0.1, -0.05) is 0 Å². The molecule has 6 rings (SSSR count). The third kappa shape index (κ3) is 2.50. The molecule has 146 valence electrons. The summed E-state index contributed by atoms with van der Waals surface area (Å²) >= 11 is 0. The third-order valence-corrected chi connectivity index (χ3v) is 5.01. The van der Waals surface area contributed by atoms with Crippen molar-refractivity contribution in [1.29, 1.82) is 0 Å². The van der Waals surface area contributed by atoms with Gasteiger partial charge in [0.05, 0.1) is 34.8 Å². The number of nitrogens with zero attached hydrogens (tertiary/aromatic N) is 8. The van der Waals surface area contributed by atoms with Gasteiger partial charge < -0.3 is 4.98 Å². The Kier molecular flexibility index (Phi) is 3.36. The fourth-order valence-electron chi connectivity index (χ4n) is 3.57. The van der Waals surface area contributed by atoms with E-state index >= 15 is 0 Å². The number of aromatic amines is 2. The highest BCUT2D eigenvalue weighted by Crippen LogP contribution is 2.29. The van der Waals surface area contributed by atoms with Gasteiger partial charge in [0.15, 0.2) is 11.6 Å². The second-order valence-electron chi connectivity index (χ2n) is 7.13. The lowest BCUT2D eigenvalue weighted by Crippen LogP contribution is -1.95. The Morgan fingerprint density at radius 2 is 1.97 bits per heavy atom. The van der Waals surface area contributed by atoms with Crippen molar-refractivity contribution >= 4 is 21.9 Å². The maximum absolute atomic E-state index is 4.81. The predicted molar refractivity (Wildman–Crippen MR) is 111 cm³/mol. The van der Waals surface area contributed by atoms with Gasteiger partial charge in [-0.3, -0.25) is 19.3 Å². The maximum atomic E-state index is 4.81. The van der Waals surface area contributed by atoms with Gasteiger partial charge in [0.1, 0.15) is 17.5 Å². The van der Waals surface area contributed by atoms with Gasteiger partial charge in [-0.25, -0.2) is 15.0 Å². The molecule has 0 fully saturated rings. The monoisotopic (exact) mass is 396 g/mol. The van der Waals surface area contributed by atoms with Crippen LogP contribution >= 0.6 is 0 Å². The summed E-state index contributed by atoms with van der Waals surface area (Å²) in [5.74, 6) is 1.37. The largest absolute Gasteiger partial charge is 0.336 e. The molecule has 30 heavy (non-hydrogen) atoms. The molecular weight excluding hydrogens is 380 g/mol. The average Bonchev–Trinajstić information content (AvgIpc) is 3.52. The van der Waals surface area contributed by atoms with Crippen molar-refractivity contribution in [2.45, 2.75) is 6.92 Å². The van der Waals surface area contributed by atoms with Crippen LogP contribution < -0.4 is 0 Å². The summed E-state index contributed by atoms with van der Waals surface area (Å²) in [5, 5.41) is 12.7. The lowest BCUT2D eigenvalue weighted by molar-refractivity contribution is 0.768. The Morgan fingerprint density at radius 1 is 1.03 bits per heavy atom. The van der Waals surface area contributed by atoms with E-state index in [1.807, 2.05) is 43.1 Å². The number of nitrogens with one attached hydrogen (secondary N) is 2. The van der Waals surface area contributed by atoms with E-state index in [0.29, 0.717) is 11.6 Å². The molecule has 0 saturated heterocycles. The average molecular weight is 396 g/mol. The molecule has 10 nitrogen and oxygen atoms in total. The first kappa shape index (κ1) is 16.6. The second-order valence-corrected chi connectivity index (χ2v) is 7.13. The lowest BCUT2D eigenvalue weighted by atomic mass is 10.1. The minimum atomic E-state index is 0.658. The van der Waals surface area contributed by atoms with Crippen LogP contribution in [0.5, 0.6) is 0 Å². The van der Waals surface area contributed by atoms with Crippen LogP contribution in [0, 0.1) is 6.92 Å². The first-order valence-electron chi connectivity index (χ1n) is 9.35. The fourth-order valence-corrected chi connectivity index (χ4v) is 3.57. The van der Waals surface area contributed by atoms with Gasteiger partial charge >= 0.3 is 0 Å². The highest BCUT2D eigenvalue weighted by molar-refractivity contribution is 5.95. The van der Waals surface area contributed by atoms with Gasteiger partial charge in [-0.2, -0.15) is 10.2 Å². The van der Waals surface area contributed by atoms with Crippen LogP contribution in [0.3, 0.4) is 0 Å². The van der Waals surface area contributed by atoms with Crippen molar-refractivity contribution in [3.8, 4) is 28.6 Å². The van der Waals surface area contributed by atoms with E-state index in [0.717, 1.165) is 44.6 Å². The minimum absolute atomic E-state index is 0.658. The van der Waals surface area contributed by atoms with Crippen molar-refractivity contribution < 1.29 is 0 Å². The zero-order valence-corrected chi connectivity index (χ0v) is 16.2. The van der Waals surface area contributed by atoms with Crippen LogP contribution in [0.25, 0.3) is 50.5 Å². The number of hydrogen-bond donors (Lipinski definition) is 2. The molecule has 0 spiro atoms. The molecule has 6 heterocycles. The Hall–Kier alpha value is -4.34. The number of aryl methyl sites for hydroxylation is 2. The number of H-pyrrole nitrogens is 2. The standard InChI is InChI=1S/C20H16N10/c1-11-8-30(10-23-11)20-18-14(3-4-21-20)25-19(26-18)17-13-5-15(12-6-24-29(2)9-12)22-7-16(13)27-28-17/h3-10H,1-2H3,(H,25,26)(H,27,28). The van der Waals surface area contributed by atoms with Crippen molar-refractivity contribution in [3.63, 3.8) is 0 Å². The van der Waals surface area contributed by atoms with Crippen LogP contribution in [-0.4, -0.2) is 49.5 Å². The molecule has 0 bridgehead atoms. The Morgan fingerprint density at radius 3 is 2.77 bits per heavy atom. The summed E-state index contributed by atoms with van der Waals surface area (Å²) in [6, 6.07) is 3.90. The summed E-state index contributed by atoms with van der Waals surface area (Å²) in [6.07, 6.45) is 10.9. The van der Waals surface area contributed by atoms with Crippen LogP contribution in [0.4, 0.5) is 0 Å². The molecule has 0 atom stereocenters. The Balaban J connectivity index is 1.52. The third-order valence-electron chi connectivity index (χ3n) is 5.01.